The van der Waals surface area contributed by atoms with E-state index in [4.69, 9.17) is 21.3 Å². The van der Waals surface area contributed by atoms with Gasteiger partial charge in [0.05, 0.1) is 24.9 Å². The number of ether oxygens (including phenoxy) is 1. The van der Waals surface area contributed by atoms with Crippen molar-refractivity contribution in [3.63, 3.8) is 0 Å². The van der Waals surface area contributed by atoms with Gasteiger partial charge in [-0.2, -0.15) is 0 Å². The van der Waals surface area contributed by atoms with Crippen molar-refractivity contribution in [2.75, 3.05) is 7.11 Å². The van der Waals surface area contributed by atoms with Crippen LogP contribution in [0.1, 0.15) is 82.2 Å². The number of aryl methyl sites for hydroxylation is 1. The SMILES string of the molecule is CCCCC(NC(=O)C[C@@H]1N=C(c2ccc(Cl)cc2)c2cc(OC)ccc2-n2c(C)nnc21)C(C)(C)C. The van der Waals surface area contributed by atoms with Gasteiger partial charge in [0.1, 0.15) is 17.6 Å². The zero-order valence-corrected chi connectivity index (χ0v) is 23.3. The van der Waals surface area contributed by atoms with Crippen LogP contribution in [0, 0.1) is 12.3 Å². The van der Waals surface area contributed by atoms with Gasteiger partial charge in [0.2, 0.25) is 5.91 Å². The molecular weight excluding hydrogens is 486 g/mol. The van der Waals surface area contributed by atoms with Gasteiger partial charge in [0.15, 0.2) is 5.82 Å². The number of carbonyl (C=O) groups is 1. The molecule has 0 radical (unpaired) electrons. The lowest BCUT2D eigenvalue weighted by Crippen LogP contribution is -2.44. The van der Waals surface area contributed by atoms with Crippen molar-refractivity contribution in [1.82, 2.24) is 20.1 Å². The highest BCUT2D eigenvalue weighted by Crippen LogP contribution is 2.35. The van der Waals surface area contributed by atoms with Crippen LogP contribution < -0.4 is 10.1 Å². The Balaban J connectivity index is 1.79. The van der Waals surface area contributed by atoms with Gasteiger partial charge in [0.25, 0.3) is 0 Å². The largest absolute Gasteiger partial charge is 0.497 e. The third-order valence-electron chi connectivity index (χ3n) is 6.86. The minimum Gasteiger partial charge on any atom is -0.497 e. The van der Waals surface area contributed by atoms with Crippen LogP contribution in [0.3, 0.4) is 0 Å². The first-order valence-electron chi connectivity index (χ1n) is 12.9. The summed E-state index contributed by atoms with van der Waals surface area (Å²) >= 11 is 6.19. The Morgan fingerprint density at radius 2 is 1.89 bits per heavy atom. The third-order valence-corrected chi connectivity index (χ3v) is 7.11. The maximum atomic E-state index is 13.4. The highest BCUT2D eigenvalue weighted by molar-refractivity contribution is 6.30. The van der Waals surface area contributed by atoms with Gasteiger partial charge in [-0.05, 0) is 49.1 Å². The number of fused-ring (bicyclic) bond motifs is 3. The molecule has 0 aliphatic carbocycles. The molecule has 1 unspecified atom stereocenters. The number of halogens is 1. The van der Waals surface area contributed by atoms with Gasteiger partial charge >= 0.3 is 0 Å². The fraction of sp³-hybridized carbons (Fsp3) is 0.448. The van der Waals surface area contributed by atoms with Gasteiger partial charge in [-0.25, -0.2) is 0 Å². The predicted molar refractivity (Wildman–Crippen MR) is 148 cm³/mol. The molecule has 37 heavy (non-hydrogen) atoms. The van der Waals surface area contributed by atoms with Gasteiger partial charge in [-0.1, -0.05) is 64.3 Å². The lowest BCUT2D eigenvalue weighted by molar-refractivity contribution is -0.123. The summed E-state index contributed by atoms with van der Waals surface area (Å²) in [6, 6.07) is 13.0. The van der Waals surface area contributed by atoms with Crippen LogP contribution in [-0.4, -0.2) is 39.5 Å². The average molecular weight is 522 g/mol. The number of benzene rings is 2. The Morgan fingerprint density at radius 1 is 1.16 bits per heavy atom. The zero-order chi connectivity index (χ0) is 26.7. The molecule has 3 aromatic rings. The Bertz CT molecular complexity index is 1290. The summed E-state index contributed by atoms with van der Waals surface area (Å²) in [5.41, 5.74) is 3.38. The summed E-state index contributed by atoms with van der Waals surface area (Å²) in [5.74, 6) is 2.04. The van der Waals surface area contributed by atoms with Gasteiger partial charge in [-0.3, -0.25) is 14.4 Å². The smallest absolute Gasteiger partial charge is 0.222 e. The van der Waals surface area contributed by atoms with Gasteiger partial charge < -0.3 is 10.1 Å². The minimum absolute atomic E-state index is 0.0454. The molecule has 1 aliphatic rings. The van der Waals surface area contributed by atoms with Gasteiger partial charge in [0, 0.05) is 22.2 Å². The van der Waals surface area contributed by atoms with Crippen LogP contribution in [0.2, 0.25) is 5.02 Å². The van der Waals surface area contributed by atoms with E-state index in [0.717, 1.165) is 47.6 Å². The molecule has 0 fully saturated rings. The number of nitrogens with zero attached hydrogens (tertiary/aromatic N) is 4. The standard InChI is InChI=1S/C29H36ClN5O2/c1-7-8-9-25(29(3,4)5)32-26(36)17-23-28-34-33-18(2)35(28)24-15-14-21(37-6)16-22(24)27(31-23)19-10-12-20(30)13-11-19/h10-16,23,25H,7-9,17H2,1-6H3,(H,32,36)/t23-,25?/m0/s1. The number of unbranched alkanes of at least 4 members (excludes halogenated alkanes) is 1. The second-order valence-electron chi connectivity index (χ2n) is 10.7. The lowest BCUT2D eigenvalue weighted by atomic mass is 9.83. The Hall–Kier alpha value is -3.19. The summed E-state index contributed by atoms with van der Waals surface area (Å²) in [6.07, 6.45) is 3.26. The van der Waals surface area contributed by atoms with Crippen molar-refractivity contribution >= 4 is 23.2 Å². The molecule has 8 heteroatoms. The molecule has 1 aliphatic heterocycles. The third kappa shape index (κ3) is 5.87. The van der Waals surface area contributed by atoms with E-state index in [9.17, 15) is 4.79 Å². The maximum Gasteiger partial charge on any atom is 0.222 e. The molecule has 2 heterocycles. The topological polar surface area (TPSA) is 81.4 Å². The zero-order valence-electron chi connectivity index (χ0n) is 22.5. The molecule has 0 saturated carbocycles. The fourth-order valence-electron chi connectivity index (χ4n) is 4.74. The first-order chi connectivity index (χ1) is 17.6. The summed E-state index contributed by atoms with van der Waals surface area (Å²) < 4.78 is 7.54. The first-order valence-corrected chi connectivity index (χ1v) is 13.2. The molecule has 0 bridgehead atoms. The Kier molecular flexibility index (Phi) is 8.02. The van der Waals surface area contributed by atoms with Crippen LogP contribution >= 0.6 is 11.6 Å². The van der Waals surface area contributed by atoms with Crippen molar-refractivity contribution in [2.45, 2.75) is 72.4 Å². The summed E-state index contributed by atoms with van der Waals surface area (Å²) in [7, 11) is 1.64. The summed E-state index contributed by atoms with van der Waals surface area (Å²) in [5, 5.41) is 12.8. The number of hydrogen-bond donors (Lipinski definition) is 1. The molecule has 1 N–H and O–H groups in total. The van der Waals surface area contributed by atoms with E-state index in [-0.39, 0.29) is 23.8 Å². The molecule has 2 aromatic carbocycles. The van der Waals surface area contributed by atoms with Crippen molar-refractivity contribution < 1.29 is 9.53 Å². The highest BCUT2D eigenvalue weighted by atomic mass is 35.5. The van der Waals surface area contributed by atoms with Crippen LogP contribution in [0.25, 0.3) is 5.69 Å². The number of rotatable bonds is 8. The van der Waals surface area contributed by atoms with Crippen LogP contribution in [0.15, 0.2) is 47.5 Å². The van der Waals surface area contributed by atoms with E-state index in [1.54, 1.807) is 7.11 Å². The average Bonchev–Trinajstić information content (AvgIpc) is 3.18. The molecule has 2 atom stereocenters. The quantitative estimate of drug-likeness (QED) is 0.380. The van der Waals surface area contributed by atoms with E-state index < -0.39 is 6.04 Å². The first kappa shape index (κ1) is 26.9. The minimum atomic E-state index is -0.517. The van der Waals surface area contributed by atoms with E-state index in [1.165, 1.54) is 0 Å². The fourth-order valence-corrected chi connectivity index (χ4v) is 4.86. The molecular formula is C29H36ClN5O2. The summed E-state index contributed by atoms with van der Waals surface area (Å²) in [6.45, 7) is 10.6. The number of nitrogens with one attached hydrogen (secondary N) is 1. The number of aliphatic imine (C=N–C) groups is 1. The normalized spacial score (nSPS) is 15.8. The van der Waals surface area contributed by atoms with Crippen molar-refractivity contribution in [2.24, 2.45) is 10.4 Å². The van der Waals surface area contributed by atoms with E-state index in [0.29, 0.717) is 16.6 Å². The summed E-state index contributed by atoms with van der Waals surface area (Å²) in [4.78, 5) is 18.6. The number of amides is 1. The molecule has 1 amide bonds. The molecule has 0 spiro atoms. The Morgan fingerprint density at radius 3 is 2.54 bits per heavy atom. The molecule has 1 aromatic heterocycles. The van der Waals surface area contributed by atoms with Crippen LogP contribution in [0.4, 0.5) is 0 Å². The molecule has 196 valence electrons. The number of hydrogen-bond acceptors (Lipinski definition) is 5. The van der Waals surface area contributed by atoms with E-state index in [2.05, 4.69) is 43.2 Å². The molecule has 4 rings (SSSR count). The van der Waals surface area contributed by atoms with Crippen molar-refractivity contribution in [1.29, 1.82) is 0 Å². The second-order valence-corrected chi connectivity index (χ2v) is 11.1. The van der Waals surface area contributed by atoms with Crippen LogP contribution in [-0.2, 0) is 4.79 Å². The van der Waals surface area contributed by atoms with Crippen molar-refractivity contribution in [3.8, 4) is 11.4 Å². The van der Waals surface area contributed by atoms with E-state index in [1.807, 2.05) is 54.0 Å². The second kappa shape index (κ2) is 11.1. The number of aromatic nitrogens is 3. The number of carbonyl (C=O) groups excluding carboxylic acids is 1. The van der Waals surface area contributed by atoms with Gasteiger partial charge in [-0.15, -0.1) is 10.2 Å². The van der Waals surface area contributed by atoms with E-state index >= 15 is 0 Å². The monoisotopic (exact) mass is 521 g/mol. The molecule has 0 saturated heterocycles. The predicted octanol–water partition coefficient (Wildman–Crippen LogP) is 6.24. The lowest BCUT2D eigenvalue weighted by Gasteiger charge is -2.32. The molecule has 7 nitrogen and oxygen atoms in total. The van der Waals surface area contributed by atoms with Crippen molar-refractivity contribution in [3.05, 3.63) is 70.3 Å². The number of methoxy groups -OCH3 is 1. The Labute approximate surface area is 224 Å². The highest BCUT2D eigenvalue weighted by Gasteiger charge is 2.32. The van der Waals surface area contributed by atoms with Crippen LogP contribution in [0.5, 0.6) is 5.75 Å². The maximum absolute atomic E-state index is 13.4.